The number of ether oxygens (including phenoxy) is 1. The van der Waals surface area contributed by atoms with E-state index in [9.17, 15) is 13.6 Å². The number of halogens is 2. The number of aromatic nitrogens is 3. The predicted molar refractivity (Wildman–Crippen MR) is 102 cm³/mol. The summed E-state index contributed by atoms with van der Waals surface area (Å²) in [4.78, 5) is 12.3. The molecule has 0 unspecified atom stereocenters. The highest BCUT2D eigenvalue weighted by atomic mass is 32.2. The Bertz CT molecular complexity index is 994. The van der Waals surface area contributed by atoms with Gasteiger partial charge in [0.2, 0.25) is 11.1 Å². The summed E-state index contributed by atoms with van der Waals surface area (Å²) in [5.41, 5.74) is 0.894. The van der Waals surface area contributed by atoms with E-state index in [0.717, 1.165) is 29.5 Å². The van der Waals surface area contributed by atoms with Crippen molar-refractivity contribution in [1.29, 1.82) is 0 Å². The van der Waals surface area contributed by atoms with E-state index in [2.05, 4.69) is 15.5 Å². The van der Waals surface area contributed by atoms with Crippen molar-refractivity contribution >= 4 is 23.4 Å². The number of rotatable bonds is 6. The number of hydrogen-bond donors (Lipinski definition) is 2. The summed E-state index contributed by atoms with van der Waals surface area (Å²) in [5, 5.41) is 10.3. The molecule has 0 aliphatic heterocycles. The number of methoxy groups -OCH3 is 1. The maximum absolute atomic E-state index is 13.3. The number of amides is 1. The number of anilines is 1. The Hall–Kier alpha value is -3.14. The fourth-order valence-corrected chi connectivity index (χ4v) is 3.09. The molecule has 0 bridgehead atoms. The Morgan fingerprint density at radius 1 is 1.18 bits per heavy atom. The molecule has 3 aromatic rings. The largest absolute Gasteiger partial charge is 0.497 e. The highest BCUT2D eigenvalue weighted by molar-refractivity contribution is 8.00. The maximum atomic E-state index is 13.3. The lowest BCUT2D eigenvalue weighted by molar-refractivity contribution is -0.115. The molecule has 10 heteroatoms. The van der Waals surface area contributed by atoms with Gasteiger partial charge in [-0.2, -0.15) is 0 Å². The van der Waals surface area contributed by atoms with E-state index in [-0.39, 0.29) is 5.69 Å². The smallest absolute Gasteiger partial charge is 0.237 e. The quantitative estimate of drug-likeness (QED) is 0.483. The third-order valence-corrected chi connectivity index (χ3v) is 4.91. The van der Waals surface area contributed by atoms with E-state index in [1.807, 2.05) is 0 Å². The Labute approximate surface area is 163 Å². The zero-order valence-electron chi connectivity index (χ0n) is 15.0. The molecule has 146 valence electrons. The number of thioether (sulfide) groups is 1. The molecule has 28 heavy (non-hydrogen) atoms. The fraction of sp³-hybridized carbons (Fsp3) is 0.167. The summed E-state index contributed by atoms with van der Waals surface area (Å²) in [5.74, 6) is 4.75. The van der Waals surface area contributed by atoms with Gasteiger partial charge in [-0.3, -0.25) is 4.79 Å². The average Bonchev–Trinajstić information content (AvgIpc) is 3.05. The van der Waals surface area contributed by atoms with Crippen LogP contribution in [-0.2, 0) is 4.79 Å². The first-order chi connectivity index (χ1) is 13.4. The van der Waals surface area contributed by atoms with Crippen LogP contribution in [0.15, 0.2) is 47.6 Å². The van der Waals surface area contributed by atoms with Crippen molar-refractivity contribution in [1.82, 2.24) is 14.9 Å². The molecule has 0 saturated carbocycles. The minimum Gasteiger partial charge on any atom is -0.497 e. The van der Waals surface area contributed by atoms with Crippen molar-refractivity contribution < 1.29 is 18.3 Å². The topological polar surface area (TPSA) is 95.1 Å². The Balaban J connectivity index is 1.69. The molecule has 0 radical (unpaired) electrons. The Morgan fingerprint density at radius 3 is 2.54 bits per heavy atom. The lowest BCUT2D eigenvalue weighted by Gasteiger charge is -2.12. The van der Waals surface area contributed by atoms with Crippen molar-refractivity contribution in [2.45, 2.75) is 17.3 Å². The van der Waals surface area contributed by atoms with Crippen molar-refractivity contribution in [2.75, 3.05) is 18.3 Å². The van der Waals surface area contributed by atoms with Crippen molar-refractivity contribution in [3.05, 3.63) is 54.1 Å². The van der Waals surface area contributed by atoms with E-state index in [4.69, 9.17) is 10.6 Å². The highest BCUT2D eigenvalue weighted by Crippen LogP contribution is 2.26. The number of nitrogens with zero attached hydrogens (tertiary/aromatic N) is 3. The number of hydrogen-bond acceptors (Lipinski definition) is 6. The zero-order chi connectivity index (χ0) is 20.3. The molecule has 3 rings (SSSR count). The van der Waals surface area contributed by atoms with E-state index < -0.39 is 22.8 Å². The molecule has 3 N–H and O–H groups in total. The molecule has 0 spiro atoms. The molecule has 1 aromatic heterocycles. The van der Waals surface area contributed by atoms with Gasteiger partial charge in [0.1, 0.15) is 5.75 Å². The SMILES string of the molecule is COc1ccc(-c2nnc(S[C@@H](C)C(=O)Nc3ccc(F)c(F)c3)n2N)cc1. The normalized spacial score (nSPS) is 11.9. The van der Waals surface area contributed by atoms with Crippen LogP contribution < -0.4 is 15.9 Å². The van der Waals surface area contributed by atoms with Gasteiger partial charge in [0.05, 0.1) is 12.4 Å². The summed E-state index contributed by atoms with van der Waals surface area (Å²) in [6.07, 6.45) is 0. The summed E-state index contributed by atoms with van der Waals surface area (Å²) >= 11 is 1.09. The first kappa shape index (κ1) is 19.6. The number of nitrogens with two attached hydrogens (primary N) is 1. The van der Waals surface area contributed by atoms with Gasteiger partial charge >= 0.3 is 0 Å². The number of nitrogen functional groups attached to an aromatic ring is 1. The Morgan fingerprint density at radius 2 is 1.89 bits per heavy atom. The van der Waals surface area contributed by atoms with Gasteiger partial charge in [-0.1, -0.05) is 11.8 Å². The van der Waals surface area contributed by atoms with E-state index in [1.165, 1.54) is 10.7 Å². The summed E-state index contributed by atoms with van der Waals surface area (Å²) in [6.45, 7) is 1.64. The number of carbonyl (C=O) groups is 1. The monoisotopic (exact) mass is 405 g/mol. The van der Waals surface area contributed by atoms with E-state index in [1.54, 1.807) is 38.3 Å². The highest BCUT2D eigenvalue weighted by Gasteiger charge is 2.20. The molecule has 1 amide bonds. The molecule has 1 atom stereocenters. The molecule has 0 aliphatic carbocycles. The van der Waals surface area contributed by atoms with Gasteiger partial charge in [-0.05, 0) is 43.3 Å². The first-order valence-electron chi connectivity index (χ1n) is 8.16. The van der Waals surface area contributed by atoms with Crippen LogP contribution in [0.2, 0.25) is 0 Å². The predicted octanol–water partition coefficient (Wildman–Crippen LogP) is 3.07. The lowest BCUT2D eigenvalue weighted by Crippen LogP contribution is -2.23. The molecular weight excluding hydrogens is 388 g/mol. The average molecular weight is 405 g/mol. The lowest BCUT2D eigenvalue weighted by atomic mass is 10.2. The second-order valence-corrected chi connectivity index (χ2v) is 7.09. The zero-order valence-corrected chi connectivity index (χ0v) is 15.8. The fourth-order valence-electron chi connectivity index (χ4n) is 2.32. The third kappa shape index (κ3) is 4.22. The molecule has 2 aromatic carbocycles. The molecule has 7 nitrogen and oxygen atoms in total. The third-order valence-electron chi connectivity index (χ3n) is 3.85. The second kappa shape index (κ2) is 8.26. The molecule has 0 fully saturated rings. The summed E-state index contributed by atoms with van der Waals surface area (Å²) in [6, 6.07) is 10.3. The van der Waals surface area contributed by atoms with Gasteiger partial charge in [-0.25, -0.2) is 13.5 Å². The second-order valence-electron chi connectivity index (χ2n) is 5.78. The van der Waals surface area contributed by atoms with Gasteiger partial charge in [0, 0.05) is 17.3 Å². The summed E-state index contributed by atoms with van der Waals surface area (Å²) < 4.78 is 32.6. The minimum atomic E-state index is -1.04. The van der Waals surface area contributed by atoms with Crippen molar-refractivity contribution in [3.63, 3.8) is 0 Å². The molecule has 1 heterocycles. The van der Waals surface area contributed by atoms with Crippen molar-refractivity contribution in [3.8, 4) is 17.1 Å². The summed E-state index contributed by atoms with van der Waals surface area (Å²) in [7, 11) is 1.57. The standard InChI is InChI=1S/C18H17F2N5O2S/c1-10(17(26)22-12-5-8-14(19)15(20)9-12)28-18-24-23-16(25(18)21)11-3-6-13(27-2)7-4-11/h3-10H,21H2,1-2H3,(H,22,26)/t10-/m0/s1. The van der Waals surface area contributed by atoms with Crippen LogP contribution in [0.25, 0.3) is 11.4 Å². The van der Waals surface area contributed by atoms with Gasteiger partial charge in [-0.15, -0.1) is 10.2 Å². The first-order valence-corrected chi connectivity index (χ1v) is 9.04. The minimum absolute atomic E-state index is 0.157. The number of carbonyl (C=O) groups excluding carboxylic acids is 1. The van der Waals surface area contributed by atoms with Crippen LogP contribution in [0.5, 0.6) is 5.75 Å². The van der Waals surface area contributed by atoms with Crippen LogP contribution >= 0.6 is 11.8 Å². The van der Waals surface area contributed by atoms with Crippen LogP contribution in [0.4, 0.5) is 14.5 Å². The number of benzene rings is 2. The van der Waals surface area contributed by atoms with E-state index >= 15 is 0 Å². The molecule has 0 aliphatic rings. The van der Waals surface area contributed by atoms with Crippen LogP contribution in [-0.4, -0.2) is 33.1 Å². The number of nitrogens with one attached hydrogen (secondary N) is 1. The Kier molecular flexibility index (Phi) is 5.78. The van der Waals surface area contributed by atoms with Crippen molar-refractivity contribution in [2.24, 2.45) is 0 Å². The van der Waals surface area contributed by atoms with Crippen LogP contribution in [0.1, 0.15) is 6.92 Å². The van der Waals surface area contributed by atoms with Crippen LogP contribution in [0.3, 0.4) is 0 Å². The maximum Gasteiger partial charge on any atom is 0.237 e. The van der Waals surface area contributed by atoms with Gasteiger partial charge < -0.3 is 15.9 Å². The van der Waals surface area contributed by atoms with Gasteiger partial charge in [0.15, 0.2) is 17.5 Å². The van der Waals surface area contributed by atoms with Crippen LogP contribution in [0, 0.1) is 11.6 Å². The molecule has 0 saturated heterocycles. The van der Waals surface area contributed by atoms with Gasteiger partial charge in [0.25, 0.3) is 0 Å². The molecular formula is C18H17F2N5O2S. The van der Waals surface area contributed by atoms with E-state index in [0.29, 0.717) is 16.7 Å².